The first-order valence-electron chi connectivity index (χ1n) is 8.23. The number of fused-ring (bicyclic) bond motifs is 1. The van der Waals surface area contributed by atoms with E-state index in [1.807, 2.05) is 0 Å². The average molecular weight is 409 g/mol. The Bertz CT molecular complexity index is 1110. The second-order valence-electron chi connectivity index (χ2n) is 6.87. The van der Waals surface area contributed by atoms with Crippen LogP contribution in [0.3, 0.4) is 0 Å². The number of aromatic nitrogens is 3. The quantitative estimate of drug-likeness (QED) is 0.668. The summed E-state index contributed by atoms with van der Waals surface area (Å²) in [6.45, 7) is 1.39. The van der Waals surface area contributed by atoms with E-state index in [1.165, 1.54) is 28.9 Å². The Morgan fingerprint density at radius 2 is 2.00 bits per heavy atom. The fourth-order valence-corrected chi connectivity index (χ4v) is 3.49. The smallest absolute Gasteiger partial charge is 0.277 e. The van der Waals surface area contributed by atoms with Crippen LogP contribution < -0.4 is 5.56 Å². The Labute approximate surface area is 163 Å². The third-order valence-electron chi connectivity index (χ3n) is 4.56. The van der Waals surface area contributed by atoms with Crippen LogP contribution in [-0.4, -0.2) is 43.5 Å². The van der Waals surface area contributed by atoms with Gasteiger partial charge < -0.3 is 9.47 Å². The van der Waals surface area contributed by atoms with Crippen molar-refractivity contribution in [2.24, 2.45) is 0 Å². The zero-order chi connectivity index (χ0) is 19.3. The predicted molar refractivity (Wildman–Crippen MR) is 101 cm³/mol. The van der Waals surface area contributed by atoms with E-state index in [0.29, 0.717) is 26.8 Å². The minimum absolute atomic E-state index is 0.0457. The zero-order valence-corrected chi connectivity index (χ0v) is 15.8. The molecule has 1 aromatic carbocycles. The van der Waals surface area contributed by atoms with Gasteiger partial charge in [-0.1, -0.05) is 29.3 Å². The van der Waals surface area contributed by atoms with Crippen molar-refractivity contribution in [1.82, 2.24) is 18.9 Å². The molecule has 3 heterocycles. The van der Waals surface area contributed by atoms with Crippen molar-refractivity contribution in [3.05, 3.63) is 57.3 Å². The first kappa shape index (κ1) is 18.0. The summed E-state index contributed by atoms with van der Waals surface area (Å²) in [6, 6.07) is 4.99. The maximum absolute atomic E-state index is 13.6. The summed E-state index contributed by atoms with van der Waals surface area (Å²) in [7, 11) is 0. The van der Waals surface area contributed by atoms with Gasteiger partial charge in [0.15, 0.2) is 0 Å². The van der Waals surface area contributed by atoms with E-state index in [4.69, 9.17) is 23.2 Å². The Kier molecular flexibility index (Phi) is 4.24. The molecule has 0 atom stereocenters. The number of amides is 1. The number of halogens is 3. The van der Waals surface area contributed by atoms with Gasteiger partial charge in [0.1, 0.15) is 29.8 Å². The van der Waals surface area contributed by atoms with Crippen molar-refractivity contribution in [1.29, 1.82) is 0 Å². The topological polar surface area (TPSA) is 59.6 Å². The van der Waals surface area contributed by atoms with E-state index in [-0.39, 0.29) is 31.1 Å². The molecule has 1 aliphatic rings. The lowest BCUT2D eigenvalue weighted by atomic mass is 9.99. The van der Waals surface area contributed by atoms with Crippen LogP contribution in [0.25, 0.3) is 16.8 Å². The van der Waals surface area contributed by atoms with Gasteiger partial charge in [-0.3, -0.25) is 14.0 Å². The van der Waals surface area contributed by atoms with Crippen LogP contribution in [-0.2, 0) is 11.3 Å². The highest BCUT2D eigenvalue weighted by Gasteiger charge is 2.41. The molecular formula is C18H15Cl2FN4O2. The van der Waals surface area contributed by atoms with Gasteiger partial charge in [-0.15, -0.1) is 0 Å². The number of carbonyl (C=O) groups excluding carboxylic acids is 1. The summed E-state index contributed by atoms with van der Waals surface area (Å²) in [5.74, 6) is -0.299. The largest absolute Gasteiger partial charge is 0.335 e. The first-order chi connectivity index (χ1) is 12.7. The summed E-state index contributed by atoms with van der Waals surface area (Å²) in [5, 5.41) is 0.759. The van der Waals surface area contributed by atoms with Crippen molar-refractivity contribution < 1.29 is 9.18 Å². The third-order valence-corrected chi connectivity index (χ3v) is 5.30. The van der Waals surface area contributed by atoms with E-state index in [2.05, 4.69) is 4.98 Å². The Balaban J connectivity index is 1.70. The molecule has 0 unspecified atom stereocenters. The molecule has 0 spiro atoms. The minimum Gasteiger partial charge on any atom is -0.335 e. The molecule has 1 fully saturated rings. The lowest BCUT2D eigenvalue weighted by molar-refractivity contribution is -0.144. The number of carbonyl (C=O) groups is 1. The molecule has 140 valence electrons. The van der Waals surface area contributed by atoms with Gasteiger partial charge in [0, 0.05) is 18.0 Å². The Morgan fingerprint density at radius 3 is 2.67 bits per heavy atom. The molecule has 4 rings (SSSR count). The molecule has 9 heteroatoms. The van der Waals surface area contributed by atoms with Gasteiger partial charge in [0.2, 0.25) is 5.91 Å². The van der Waals surface area contributed by atoms with Crippen LogP contribution in [0, 0.1) is 0 Å². The highest BCUT2D eigenvalue weighted by molar-refractivity contribution is 6.42. The van der Waals surface area contributed by atoms with Crippen LogP contribution in [0.2, 0.25) is 10.0 Å². The SMILES string of the molecule is CC1(F)CN(C(=O)Cn2ccn3cnc(-c4ccc(Cl)c(Cl)c4)c3c2=O)C1. The highest BCUT2D eigenvalue weighted by atomic mass is 35.5. The monoisotopic (exact) mass is 408 g/mol. The van der Waals surface area contributed by atoms with E-state index < -0.39 is 5.67 Å². The van der Waals surface area contributed by atoms with E-state index >= 15 is 0 Å². The lowest BCUT2D eigenvalue weighted by Gasteiger charge is -2.42. The summed E-state index contributed by atoms with van der Waals surface area (Å²) >= 11 is 12.0. The van der Waals surface area contributed by atoms with Gasteiger partial charge in [0.25, 0.3) is 5.56 Å². The molecule has 1 saturated heterocycles. The summed E-state index contributed by atoms with van der Waals surface area (Å²) in [5.41, 5.74) is -0.308. The van der Waals surface area contributed by atoms with Crippen LogP contribution in [0.15, 0.2) is 41.7 Å². The maximum atomic E-state index is 13.6. The molecule has 2 aromatic heterocycles. The summed E-state index contributed by atoms with van der Waals surface area (Å²) < 4.78 is 16.5. The van der Waals surface area contributed by atoms with Gasteiger partial charge in [-0.25, -0.2) is 9.37 Å². The van der Waals surface area contributed by atoms with Gasteiger partial charge in [-0.05, 0) is 19.1 Å². The van der Waals surface area contributed by atoms with E-state index in [9.17, 15) is 14.0 Å². The molecule has 0 radical (unpaired) electrons. The number of likely N-dealkylation sites (tertiary alicyclic amines) is 1. The third kappa shape index (κ3) is 3.21. The number of alkyl halides is 1. The Morgan fingerprint density at radius 1 is 1.26 bits per heavy atom. The van der Waals surface area contributed by atoms with E-state index in [1.54, 1.807) is 28.8 Å². The second-order valence-corrected chi connectivity index (χ2v) is 7.69. The van der Waals surface area contributed by atoms with Crippen LogP contribution >= 0.6 is 23.2 Å². The van der Waals surface area contributed by atoms with Gasteiger partial charge >= 0.3 is 0 Å². The summed E-state index contributed by atoms with van der Waals surface area (Å²) in [6.07, 6.45) is 4.68. The first-order valence-corrected chi connectivity index (χ1v) is 8.99. The number of imidazole rings is 1. The number of benzene rings is 1. The number of hydrogen-bond donors (Lipinski definition) is 0. The molecule has 27 heavy (non-hydrogen) atoms. The van der Waals surface area contributed by atoms with Crippen molar-refractivity contribution in [3.8, 4) is 11.3 Å². The molecular weight excluding hydrogens is 394 g/mol. The normalized spacial score (nSPS) is 15.8. The highest BCUT2D eigenvalue weighted by Crippen LogP contribution is 2.29. The van der Waals surface area contributed by atoms with Crippen molar-refractivity contribution in [3.63, 3.8) is 0 Å². The zero-order valence-electron chi connectivity index (χ0n) is 14.3. The second kappa shape index (κ2) is 6.35. The number of hydrogen-bond acceptors (Lipinski definition) is 3. The molecule has 6 nitrogen and oxygen atoms in total. The van der Waals surface area contributed by atoms with Crippen LogP contribution in [0.1, 0.15) is 6.92 Å². The molecule has 0 aliphatic carbocycles. The van der Waals surface area contributed by atoms with Crippen molar-refractivity contribution in [2.75, 3.05) is 13.1 Å². The fraction of sp³-hybridized carbons (Fsp3) is 0.278. The molecule has 1 aliphatic heterocycles. The molecule has 0 N–H and O–H groups in total. The molecule has 1 amide bonds. The number of rotatable bonds is 3. The standard InChI is InChI=1S/C18H15Cl2FN4O2/c1-18(21)8-25(9-18)14(26)7-23-4-5-24-10-22-15(16(24)17(23)27)11-2-3-12(19)13(20)6-11/h2-6,10H,7-9H2,1H3. The van der Waals surface area contributed by atoms with Crippen LogP contribution in [0.4, 0.5) is 4.39 Å². The lowest BCUT2D eigenvalue weighted by Crippen LogP contribution is -2.60. The Hall–Kier alpha value is -2.38. The number of nitrogens with zero attached hydrogens (tertiary/aromatic N) is 4. The van der Waals surface area contributed by atoms with Gasteiger partial charge in [0.05, 0.1) is 23.1 Å². The van der Waals surface area contributed by atoms with Crippen molar-refractivity contribution in [2.45, 2.75) is 19.1 Å². The van der Waals surface area contributed by atoms with E-state index in [0.717, 1.165) is 0 Å². The minimum atomic E-state index is -1.35. The fourth-order valence-electron chi connectivity index (χ4n) is 3.19. The van der Waals surface area contributed by atoms with Gasteiger partial charge in [-0.2, -0.15) is 0 Å². The van der Waals surface area contributed by atoms with Crippen LogP contribution in [0.5, 0.6) is 0 Å². The molecule has 3 aromatic rings. The van der Waals surface area contributed by atoms with Crippen molar-refractivity contribution >= 4 is 34.6 Å². The average Bonchev–Trinajstić information content (AvgIpc) is 3.02. The predicted octanol–water partition coefficient (Wildman–Crippen LogP) is 3.04. The summed E-state index contributed by atoms with van der Waals surface area (Å²) in [4.78, 5) is 30.9. The molecule has 0 saturated carbocycles. The molecule has 0 bridgehead atoms. The maximum Gasteiger partial charge on any atom is 0.277 e.